The summed E-state index contributed by atoms with van der Waals surface area (Å²) in [5.74, 6) is 0. The summed E-state index contributed by atoms with van der Waals surface area (Å²) in [4.78, 5) is 14.7. The molecule has 11 rings (SSSR count). The standard InChI is InChI=1S/C56H38N4/c1-7-19-38(20-8-1)50-48-36-45-33-31-43(57-45)35-44-32-34-46(58-44)37-49-51(39-21-9-2-10-22-39)53(41-25-13-4-14-26-41)56(60(49)47-29-17-6-18-30-47)54(42-27-15-5-16-28-42)55(59-48)52(50)40-23-11-3-12-24-40/h1-37,57H. The van der Waals surface area contributed by atoms with Gasteiger partial charge in [-0.2, -0.15) is 0 Å². The molecule has 0 fully saturated rings. The lowest BCUT2D eigenvalue weighted by atomic mass is 9.88. The molecule has 0 saturated carbocycles. The van der Waals surface area contributed by atoms with Crippen LogP contribution in [0.25, 0.3) is 84.4 Å². The molecule has 1 N–H and O–H groups in total. The lowest BCUT2D eigenvalue weighted by Gasteiger charge is -2.16. The molecule has 4 heteroatoms. The number of rotatable bonds is 6. The summed E-state index contributed by atoms with van der Waals surface area (Å²) in [6.45, 7) is 0. The first-order chi connectivity index (χ1) is 29.8. The van der Waals surface area contributed by atoms with Crippen molar-refractivity contribution in [2.75, 3.05) is 0 Å². The molecule has 6 aromatic carbocycles. The van der Waals surface area contributed by atoms with Crippen molar-refractivity contribution in [2.24, 2.45) is 0 Å². The van der Waals surface area contributed by atoms with Crippen LogP contribution in [-0.4, -0.2) is 19.5 Å². The number of nitrogens with zero attached hydrogens (tertiary/aromatic N) is 3. The SMILES string of the molecule is C1=Cc2cc3c(-c4ccccc4)c(-c4ccccc4)c(c(-c4ccccc4)c4nc(cc5ccc(cc1n2)[nH]5)C(c1ccccc1)=C4c1ccccc1)n3-c1ccccc1. The smallest absolute Gasteiger partial charge is 0.0822 e. The minimum atomic E-state index is 0.871. The Morgan fingerprint density at radius 3 is 1.38 bits per heavy atom. The molecule has 3 aromatic heterocycles. The van der Waals surface area contributed by atoms with Crippen molar-refractivity contribution in [1.29, 1.82) is 0 Å². The summed E-state index contributed by atoms with van der Waals surface area (Å²) in [6.07, 6.45) is 4.21. The summed E-state index contributed by atoms with van der Waals surface area (Å²) in [5, 5.41) is 0. The van der Waals surface area contributed by atoms with E-state index in [1.165, 1.54) is 0 Å². The van der Waals surface area contributed by atoms with Crippen molar-refractivity contribution >= 4 is 45.4 Å². The zero-order valence-corrected chi connectivity index (χ0v) is 32.7. The molecule has 4 nitrogen and oxygen atoms in total. The minimum Gasteiger partial charge on any atom is -0.355 e. The van der Waals surface area contributed by atoms with Crippen LogP contribution in [0.3, 0.4) is 0 Å². The van der Waals surface area contributed by atoms with Gasteiger partial charge in [0.15, 0.2) is 0 Å². The zero-order valence-electron chi connectivity index (χ0n) is 32.7. The second kappa shape index (κ2) is 15.0. The highest BCUT2D eigenvalue weighted by Gasteiger charge is 2.30. The first-order valence-corrected chi connectivity index (χ1v) is 20.3. The van der Waals surface area contributed by atoms with E-state index in [0.717, 1.165) is 106 Å². The maximum absolute atomic E-state index is 5.84. The summed E-state index contributed by atoms with van der Waals surface area (Å²) in [6, 6.07) is 75.4. The van der Waals surface area contributed by atoms with Gasteiger partial charge in [-0.05, 0) is 82.4 Å². The summed E-state index contributed by atoms with van der Waals surface area (Å²) in [5.41, 5.74) is 19.4. The molecule has 282 valence electrons. The van der Waals surface area contributed by atoms with Crippen LogP contribution in [0.4, 0.5) is 0 Å². The minimum absolute atomic E-state index is 0.871. The first kappa shape index (κ1) is 35.1. The van der Waals surface area contributed by atoms with Crippen LogP contribution < -0.4 is 0 Å². The fourth-order valence-corrected chi connectivity index (χ4v) is 8.73. The average molecular weight is 767 g/mol. The Labute approximate surface area is 348 Å². The van der Waals surface area contributed by atoms with Gasteiger partial charge in [0, 0.05) is 44.6 Å². The number of hydrogen-bond acceptors (Lipinski definition) is 2. The van der Waals surface area contributed by atoms with Crippen molar-refractivity contribution in [3.05, 3.63) is 246 Å². The third kappa shape index (κ3) is 6.28. The van der Waals surface area contributed by atoms with Crippen LogP contribution in [0.2, 0.25) is 0 Å². The molecule has 2 aliphatic heterocycles. The monoisotopic (exact) mass is 766 g/mol. The fourth-order valence-electron chi connectivity index (χ4n) is 8.73. The highest BCUT2D eigenvalue weighted by atomic mass is 15.0. The maximum atomic E-state index is 5.84. The number of benzene rings is 6. The topological polar surface area (TPSA) is 46.5 Å². The third-order valence-electron chi connectivity index (χ3n) is 11.3. The molecule has 0 aliphatic carbocycles. The highest BCUT2D eigenvalue weighted by Crippen LogP contribution is 2.50. The average Bonchev–Trinajstić information content (AvgIpc) is 4.11. The molecule has 8 bridgehead atoms. The van der Waals surface area contributed by atoms with Gasteiger partial charge in [-0.3, -0.25) is 0 Å². The van der Waals surface area contributed by atoms with Crippen LogP contribution in [0, 0.1) is 0 Å². The largest absolute Gasteiger partial charge is 0.355 e. The predicted molar refractivity (Wildman–Crippen MR) is 249 cm³/mol. The normalized spacial score (nSPS) is 12.2. The van der Waals surface area contributed by atoms with Gasteiger partial charge in [0.25, 0.3) is 0 Å². The van der Waals surface area contributed by atoms with Crippen molar-refractivity contribution in [3.63, 3.8) is 0 Å². The molecule has 0 radical (unpaired) electrons. The van der Waals surface area contributed by atoms with Gasteiger partial charge in [0.1, 0.15) is 0 Å². The summed E-state index contributed by atoms with van der Waals surface area (Å²) < 4.78 is 2.45. The highest BCUT2D eigenvalue weighted by molar-refractivity contribution is 6.15. The predicted octanol–water partition coefficient (Wildman–Crippen LogP) is 14.0. The number of H-pyrrole nitrogens is 1. The van der Waals surface area contributed by atoms with Gasteiger partial charge >= 0.3 is 0 Å². The molecule has 2 aliphatic rings. The van der Waals surface area contributed by atoms with E-state index in [1.807, 2.05) is 0 Å². The van der Waals surface area contributed by atoms with Crippen LogP contribution in [0.1, 0.15) is 33.9 Å². The van der Waals surface area contributed by atoms with Crippen LogP contribution >= 0.6 is 0 Å². The first-order valence-electron chi connectivity index (χ1n) is 20.3. The zero-order chi connectivity index (χ0) is 39.8. The molecule has 60 heavy (non-hydrogen) atoms. The van der Waals surface area contributed by atoms with E-state index in [-0.39, 0.29) is 0 Å². The number of nitrogens with one attached hydrogen (secondary N) is 1. The Morgan fingerprint density at radius 2 is 0.817 bits per heavy atom. The van der Waals surface area contributed by atoms with E-state index in [4.69, 9.17) is 9.97 Å². The van der Waals surface area contributed by atoms with Crippen LogP contribution in [0.15, 0.2) is 212 Å². The van der Waals surface area contributed by atoms with Gasteiger partial charge in [0.05, 0.1) is 33.8 Å². The van der Waals surface area contributed by atoms with Gasteiger partial charge < -0.3 is 9.55 Å². The molecule has 0 spiro atoms. The van der Waals surface area contributed by atoms with Crippen LogP contribution in [-0.2, 0) is 0 Å². The van der Waals surface area contributed by atoms with E-state index in [9.17, 15) is 0 Å². The second-order valence-corrected chi connectivity index (χ2v) is 15.1. The summed E-state index contributed by atoms with van der Waals surface area (Å²) >= 11 is 0. The van der Waals surface area contributed by atoms with Crippen molar-refractivity contribution in [3.8, 4) is 39.1 Å². The Balaban J connectivity index is 1.49. The number of hydrogen-bond donors (Lipinski definition) is 1. The lowest BCUT2D eigenvalue weighted by Crippen LogP contribution is -1.99. The van der Waals surface area contributed by atoms with Gasteiger partial charge in [0.2, 0.25) is 0 Å². The third-order valence-corrected chi connectivity index (χ3v) is 11.3. The summed E-state index contributed by atoms with van der Waals surface area (Å²) in [7, 11) is 0. The van der Waals surface area contributed by atoms with Gasteiger partial charge in [-0.25, -0.2) is 9.97 Å². The maximum Gasteiger partial charge on any atom is 0.0822 e. The number of para-hydroxylation sites is 1. The molecule has 0 saturated heterocycles. The van der Waals surface area contributed by atoms with E-state index in [1.54, 1.807) is 0 Å². The molecule has 9 aromatic rings. The van der Waals surface area contributed by atoms with E-state index < -0.39 is 0 Å². The van der Waals surface area contributed by atoms with Gasteiger partial charge in [-0.15, -0.1) is 0 Å². The Bertz CT molecular complexity index is 3250. The van der Waals surface area contributed by atoms with E-state index in [2.05, 4.69) is 234 Å². The molecule has 0 atom stereocenters. The molecule has 0 unspecified atom stereocenters. The molecular weight excluding hydrogens is 729 g/mol. The Kier molecular flexibility index (Phi) is 8.79. The quantitative estimate of drug-likeness (QED) is 0.183. The fraction of sp³-hybridized carbons (Fsp3) is 0. The Morgan fingerprint density at radius 1 is 0.367 bits per heavy atom. The van der Waals surface area contributed by atoms with E-state index in [0.29, 0.717) is 0 Å². The number of aromatic nitrogens is 4. The second-order valence-electron chi connectivity index (χ2n) is 15.1. The molecule has 5 heterocycles. The molecular formula is C56H38N4. The number of aromatic amines is 1. The lowest BCUT2D eigenvalue weighted by molar-refractivity contribution is 1.17. The van der Waals surface area contributed by atoms with Crippen LogP contribution in [0.5, 0.6) is 0 Å². The number of fused-ring (bicyclic) bond motifs is 8. The van der Waals surface area contributed by atoms with Gasteiger partial charge in [-0.1, -0.05) is 170 Å². The van der Waals surface area contributed by atoms with Crippen molar-refractivity contribution in [2.45, 2.75) is 0 Å². The van der Waals surface area contributed by atoms with Crippen molar-refractivity contribution in [1.82, 2.24) is 19.5 Å². The van der Waals surface area contributed by atoms with E-state index >= 15 is 0 Å². The molecule has 0 amide bonds. The Hall–Kier alpha value is -8.08. The van der Waals surface area contributed by atoms with Crippen molar-refractivity contribution < 1.29 is 0 Å².